The Morgan fingerprint density at radius 3 is 2.59 bits per heavy atom. The first-order chi connectivity index (χ1) is 12.6. The molecule has 1 fully saturated rings. The second kappa shape index (κ2) is 12.4. The molecule has 0 radical (unpaired) electrons. The summed E-state index contributed by atoms with van der Waals surface area (Å²) in [6.45, 7) is 7.26. The lowest BCUT2D eigenvalue weighted by Gasteiger charge is -2.27. The van der Waals surface area contributed by atoms with E-state index in [-0.39, 0.29) is 42.1 Å². The zero-order chi connectivity index (χ0) is 18.8. The maximum Gasteiger partial charge on any atom is 0.191 e. The summed E-state index contributed by atoms with van der Waals surface area (Å²) < 4.78 is 11.2. The van der Waals surface area contributed by atoms with Crippen molar-refractivity contribution in [3.8, 4) is 5.75 Å². The Kier molecular flexibility index (Phi) is 11.0. The minimum atomic E-state index is 0. The highest BCUT2D eigenvalue weighted by Gasteiger charge is 2.34. The van der Waals surface area contributed by atoms with Crippen LogP contribution in [-0.2, 0) is 11.2 Å². The van der Waals surface area contributed by atoms with E-state index in [0.29, 0.717) is 6.61 Å². The molecule has 7 heteroatoms. The summed E-state index contributed by atoms with van der Waals surface area (Å²) in [5.41, 5.74) is 1.27. The Hall–Kier alpha value is -1.06. The number of ether oxygens (including phenoxy) is 2. The van der Waals surface area contributed by atoms with Crippen LogP contribution in [-0.4, -0.2) is 57.1 Å². The van der Waals surface area contributed by atoms with Crippen LogP contribution in [0.4, 0.5) is 0 Å². The van der Waals surface area contributed by atoms with E-state index >= 15 is 0 Å². The van der Waals surface area contributed by atoms with Crippen LogP contribution < -0.4 is 15.4 Å². The van der Waals surface area contributed by atoms with Gasteiger partial charge in [0.1, 0.15) is 5.75 Å². The number of aliphatic imine (C=N–C) groups is 1. The molecule has 1 atom stereocenters. The molecule has 3 N–H and O–H groups in total. The lowest BCUT2D eigenvalue weighted by atomic mass is 9.84. The van der Waals surface area contributed by atoms with Gasteiger partial charge in [0.15, 0.2) is 5.96 Å². The summed E-state index contributed by atoms with van der Waals surface area (Å²) in [4.78, 5) is 4.29. The Morgan fingerprint density at radius 2 is 2.04 bits per heavy atom. The number of nitrogens with zero attached hydrogens (tertiary/aromatic N) is 1. The third-order valence-corrected chi connectivity index (χ3v) is 4.68. The summed E-state index contributed by atoms with van der Waals surface area (Å²) in [5, 5.41) is 16.0. The van der Waals surface area contributed by atoms with Crippen LogP contribution in [0.5, 0.6) is 5.75 Å². The van der Waals surface area contributed by atoms with Crippen molar-refractivity contribution in [2.45, 2.75) is 39.2 Å². The van der Waals surface area contributed by atoms with Crippen molar-refractivity contribution in [2.24, 2.45) is 10.4 Å². The number of hydrogen-bond donors (Lipinski definition) is 3. The van der Waals surface area contributed by atoms with Gasteiger partial charge in [0.05, 0.1) is 12.7 Å². The van der Waals surface area contributed by atoms with Crippen LogP contribution >= 0.6 is 24.0 Å². The zero-order valence-corrected chi connectivity index (χ0v) is 19.0. The van der Waals surface area contributed by atoms with E-state index in [1.165, 1.54) is 5.56 Å². The molecule has 1 aliphatic rings. The van der Waals surface area contributed by atoms with E-state index in [9.17, 15) is 5.11 Å². The predicted molar refractivity (Wildman–Crippen MR) is 120 cm³/mol. The number of guanidine groups is 1. The molecule has 1 aliphatic heterocycles. The van der Waals surface area contributed by atoms with Gasteiger partial charge in [-0.1, -0.05) is 12.1 Å². The molecule has 154 valence electrons. The largest absolute Gasteiger partial charge is 0.491 e. The molecule has 0 saturated carbocycles. The van der Waals surface area contributed by atoms with Crippen LogP contribution in [0.3, 0.4) is 0 Å². The van der Waals surface area contributed by atoms with Gasteiger partial charge >= 0.3 is 0 Å². The Morgan fingerprint density at radius 1 is 1.30 bits per heavy atom. The van der Waals surface area contributed by atoms with Crippen molar-refractivity contribution in [1.82, 2.24) is 10.6 Å². The highest BCUT2D eigenvalue weighted by atomic mass is 127. The summed E-state index contributed by atoms with van der Waals surface area (Å²) in [7, 11) is 1.78. The zero-order valence-electron chi connectivity index (χ0n) is 16.7. The quantitative estimate of drug-likeness (QED) is 0.281. The first-order valence-electron chi connectivity index (χ1n) is 9.46. The fourth-order valence-corrected chi connectivity index (χ4v) is 3.14. The van der Waals surface area contributed by atoms with Gasteiger partial charge in [0.25, 0.3) is 0 Å². The van der Waals surface area contributed by atoms with E-state index in [2.05, 4.69) is 27.8 Å². The monoisotopic (exact) mass is 491 g/mol. The minimum absolute atomic E-state index is 0. The van der Waals surface area contributed by atoms with Crippen LogP contribution in [0.25, 0.3) is 0 Å². The lowest BCUT2D eigenvalue weighted by Crippen LogP contribution is -2.45. The van der Waals surface area contributed by atoms with Crippen molar-refractivity contribution in [1.29, 1.82) is 0 Å². The van der Waals surface area contributed by atoms with Gasteiger partial charge in [0.2, 0.25) is 0 Å². The molecule has 1 aromatic carbocycles. The third kappa shape index (κ3) is 8.23. The SMILES string of the molecule is CN=C(NCCc1ccc(OC(C)C)cc1)NCC1(CCO)CCOC1.I. The predicted octanol–water partition coefficient (Wildman–Crippen LogP) is 2.59. The number of nitrogens with one attached hydrogen (secondary N) is 2. The molecule has 2 rings (SSSR count). The number of hydrogen-bond acceptors (Lipinski definition) is 4. The molecule has 1 aromatic rings. The molecule has 27 heavy (non-hydrogen) atoms. The van der Waals surface area contributed by atoms with Crippen LogP contribution in [0.1, 0.15) is 32.3 Å². The Bertz CT molecular complexity index is 558. The first-order valence-corrected chi connectivity index (χ1v) is 9.46. The first kappa shape index (κ1) is 24.0. The maximum atomic E-state index is 9.31. The Labute approximate surface area is 180 Å². The molecule has 1 unspecified atom stereocenters. The molecule has 0 aromatic heterocycles. The normalized spacial score (nSPS) is 19.7. The second-order valence-electron chi connectivity index (χ2n) is 7.19. The molecule has 0 amide bonds. The summed E-state index contributed by atoms with van der Waals surface area (Å²) in [6.07, 6.45) is 2.83. The minimum Gasteiger partial charge on any atom is -0.491 e. The van der Waals surface area contributed by atoms with E-state index in [0.717, 1.165) is 50.7 Å². The number of halogens is 1. The highest BCUT2D eigenvalue weighted by molar-refractivity contribution is 14.0. The number of rotatable bonds is 9. The average molecular weight is 491 g/mol. The molecule has 1 heterocycles. The third-order valence-electron chi connectivity index (χ3n) is 4.68. The fraction of sp³-hybridized carbons (Fsp3) is 0.650. The van der Waals surface area contributed by atoms with Crippen LogP contribution in [0.15, 0.2) is 29.3 Å². The van der Waals surface area contributed by atoms with E-state index in [4.69, 9.17) is 9.47 Å². The molecule has 0 bridgehead atoms. The topological polar surface area (TPSA) is 75.1 Å². The van der Waals surface area contributed by atoms with Crippen molar-refractivity contribution in [3.63, 3.8) is 0 Å². The van der Waals surface area contributed by atoms with E-state index < -0.39 is 0 Å². The van der Waals surface area contributed by atoms with Gasteiger partial charge < -0.3 is 25.2 Å². The molecular formula is C20H34IN3O3. The van der Waals surface area contributed by atoms with E-state index in [1.54, 1.807) is 7.05 Å². The highest BCUT2D eigenvalue weighted by Crippen LogP contribution is 2.31. The average Bonchev–Trinajstić information content (AvgIpc) is 3.08. The number of aliphatic hydroxyl groups is 1. The van der Waals surface area contributed by atoms with Gasteiger partial charge in [-0.3, -0.25) is 4.99 Å². The van der Waals surface area contributed by atoms with Crippen molar-refractivity contribution < 1.29 is 14.6 Å². The molecule has 0 aliphatic carbocycles. The molecular weight excluding hydrogens is 457 g/mol. The van der Waals surface area contributed by atoms with Crippen LogP contribution in [0, 0.1) is 5.41 Å². The molecule has 1 saturated heterocycles. The van der Waals surface area contributed by atoms with Gasteiger partial charge in [-0.05, 0) is 50.8 Å². The van der Waals surface area contributed by atoms with Gasteiger partial charge in [-0.2, -0.15) is 0 Å². The lowest BCUT2D eigenvalue weighted by molar-refractivity contribution is 0.127. The van der Waals surface area contributed by atoms with Crippen molar-refractivity contribution in [3.05, 3.63) is 29.8 Å². The summed E-state index contributed by atoms with van der Waals surface area (Å²) in [6, 6.07) is 8.23. The van der Waals surface area contributed by atoms with Gasteiger partial charge in [0, 0.05) is 38.8 Å². The fourth-order valence-electron chi connectivity index (χ4n) is 3.14. The van der Waals surface area contributed by atoms with Gasteiger partial charge in [-0.25, -0.2) is 0 Å². The Balaban J connectivity index is 0.00000364. The molecule has 6 nitrogen and oxygen atoms in total. The van der Waals surface area contributed by atoms with Gasteiger partial charge in [-0.15, -0.1) is 24.0 Å². The van der Waals surface area contributed by atoms with Crippen molar-refractivity contribution >= 4 is 29.9 Å². The van der Waals surface area contributed by atoms with Crippen LogP contribution in [0.2, 0.25) is 0 Å². The van der Waals surface area contributed by atoms with E-state index in [1.807, 2.05) is 26.0 Å². The standard InChI is InChI=1S/C20H33N3O3.HI/c1-16(2)26-18-6-4-17(5-7-18)8-11-22-19(21-3)23-14-20(9-12-24)10-13-25-15-20;/h4-7,16,24H,8-15H2,1-3H3,(H2,21,22,23);1H. The summed E-state index contributed by atoms with van der Waals surface area (Å²) in [5.74, 6) is 1.69. The smallest absolute Gasteiger partial charge is 0.191 e. The maximum absolute atomic E-state index is 9.31. The molecule has 0 spiro atoms. The number of aliphatic hydroxyl groups excluding tert-OH is 1. The van der Waals surface area contributed by atoms with Crippen molar-refractivity contribution in [2.75, 3.05) is 40.0 Å². The number of benzene rings is 1. The summed E-state index contributed by atoms with van der Waals surface area (Å²) >= 11 is 0. The second-order valence-corrected chi connectivity index (χ2v) is 7.19.